The number of sulfonamides is 1. The summed E-state index contributed by atoms with van der Waals surface area (Å²) in [4.78, 5) is 1.41. The molecule has 0 fully saturated rings. The van der Waals surface area contributed by atoms with Crippen molar-refractivity contribution in [3.8, 4) is 5.75 Å². The van der Waals surface area contributed by atoms with Crippen LogP contribution in [0.1, 0.15) is 6.92 Å². The monoisotopic (exact) mass is 382 g/mol. The molecule has 2 aromatic rings. The maximum Gasteiger partial charge on any atom is 0.245 e. The minimum Gasteiger partial charge on any atom is -0.485 e. The number of para-hydroxylation sites is 2. The number of likely N-dealkylation sites (N-methyl/N-ethyl adjacent to an activating group) is 2. The van der Waals surface area contributed by atoms with E-state index in [1.54, 1.807) is 0 Å². The molecule has 1 heterocycles. The Morgan fingerprint density at radius 2 is 1.96 bits per heavy atom. The quantitative estimate of drug-likeness (QED) is 0.798. The second-order valence-electron chi connectivity index (χ2n) is 6.11. The average Bonchev–Trinajstić information content (AvgIpc) is 2.62. The number of anilines is 1. The molecule has 5 nitrogen and oxygen atoms in total. The molecule has 0 unspecified atom stereocenters. The van der Waals surface area contributed by atoms with Crippen molar-refractivity contribution in [2.24, 2.45) is 0 Å². The topological polar surface area (TPSA) is 49.9 Å². The molecule has 0 saturated carbocycles. The van der Waals surface area contributed by atoms with Gasteiger partial charge in [-0.05, 0) is 37.3 Å². The Bertz CT molecular complexity index is 905. The van der Waals surface area contributed by atoms with E-state index in [-0.39, 0.29) is 6.54 Å². The summed E-state index contributed by atoms with van der Waals surface area (Å²) in [6.45, 7) is 3.26. The lowest BCUT2D eigenvalue weighted by Crippen LogP contribution is -2.46. The van der Waals surface area contributed by atoms with Crippen LogP contribution in [-0.4, -0.2) is 45.5 Å². The number of ether oxygens (including phenoxy) is 1. The normalized spacial score (nSPS) is 17.1. The van der Waals surface area contributed by atoms with Crippen molar-refractivity contribution in [3.05, 3.63) is 54.1 Å². The molecule has 0 spiro atoms. The lowest BCUT2D eigenvalue weighted by atomic mass is 10.2. The largest absolute Gasteiger partial charge is 0.485 e. The van der Waals surface area contributed by atoms with Gasteiger partial charge >= 0.3 is 0 Å². The first-order chi connectivity index (χ1) is 12.3. The van der Waals surface area contributed by atoms with E-state index in [0.29, 0.717) is 18.4 Å². The molecule has 0 radical (unpaired) electrons. The van der Waals surface area contributed by atoms with Gasteiger partial charge in [-0.15, -0.1) is 0 Å². The van der Waals surface area contributed by atoms with E-state index >= 15 is 0 Å². The molecule has 0 aromatic heterocycles. The molecule has 3 rings (SSSR count). The minimum absolute atomic E-state index is 0.0170. The van der Waals surface area contributed by atoms with Crippen molar-refractivity contribution >= 4 is 15.7 Å². The first kappa shape index (κ1) is 18.6. The van der Waals surface area contributed by atoms with Gasteiger partial charge in [0.1, 0.15) is 28.4 Å². The Kier molecular flexibility index (Phi) is 5.15. The molecule has 0 bridgehead atoms. The summed E-state index contributed by atoms with van der Waals surface area (Å²) in [5.41, 5.74) is 0.952. The molecule has 1 atom stereocenters. The second kappa shape index (κ2) is 7.20. The summed E-state index contributed by atoms with van der Waals surface area (Å²) in [7, 11) is -2.84. The molecule has 140 valence electrons. The van der Waals surface area contributed by atoms with Gasteiger partial charge in [0.2, 0.25) is 10.0 Å². The molecule has 0 aliphatic carbocycles. The summed E-state index contributed by atoms with van der Waals surface area (Å²) in [6, 6.07) is 9.90. The number of hydrogen-bond acceptors (Lipinski definition) is 4. The van der Waals surface area contributed by atoms with Crippen LogP contribution in [0.15, 0.2) is 47.4 Å². The lowest BCUT2D eigenvalue weighted by Gasteiger charge is -2.36. The fourth-order valence-electron chi connectivity index (χ4n) is 3.00. The molecule has 26 heavy (non-hydrogen) atoms. The van der Waals surface area contributed by atoms with Crippen LogP contribution in [-0.2, 0) is 10.0 Å². The average molecular weight is 382 g/mol. The predicted octanol–water partition coefficient (Wildman–Crippen LogP) is 2.87. The molecule has 0 saturated heterocycles. The highest BCUT2D eigenvalue weighted by Crippen LogP contribution is 2.33. The zero-order valence-electron chi connectivity index (χ0n) is 14.5. The summed E-state index contributed by atoms with van der Waals surface area (Å²) in [6.07, 6.45) is -0.429. The highest BCUT2D eigenvalue weighted by atomic mass is 32.2. The Hall–Kier alpha value is -2.19. The summed E-state index contributed by atoms with van der Waals surface area (Å²) >= 11 is 0. The van der Waals surface area contributed by atoms with Crippen molar-refractivity contribution in [1.29, 1.82) is 0 Å². The first-order valence-electron chi connectivity index (χ1n) is 8.25. The van der Waals surface area contributed by atoms with Gasteiger partial charge in [-0.25, -0.2) is 17.2 Å². The van der Waals surface area contributed by atoms with Gasteiger partial charge < -0.3 is 9.64 Å². The maximum atomic E-state index is 13.9. The maximum absolute atomic E-state index is 13.9. The molecule has 0 N–H and O–H groups in total. The van der Waals surface area contributed by atoms with Crippen LogP contribution in [0, 0.1) is 11.6 Å². The van der Waals surface area contributed by atoms with E-state index in [1.165, 1.54) is 7.05 Å². The fraction of sp³-hybridized carbons (Fsp3) is 0.333. The van der Waals surface area contributed by atoms with Gasteiger partial charge in [0, 0.05) is 13.6 Å². The number of hydrogen-bond donors (Lipinski definition) is 0. The molecule has 1 aliphatic rings. The van der Waals surface area contributed by atoms with Crippen LogP contribution in [0.3, 0.4) is 0 Å². The van der Waals surface area contributed by atoms with Gasteiger partial charge in [0.25, 0.3) is 0 Å². The van der Waals surface area contributed by atoms with E-state index in [0.717, 1.165) is 28.7 Å². The number of nitrogens with zero attached hydrogens (tertiary/aromatic N) is 2. The van der Waals surface area contributed by atoms with Crippen LogP contribution in [0.2, 0.25) is 0 Å². The van der Waals surface area contributed by atoms with E-state index in [4.69, 9.17) is 4.74 Å². The van der Waals surface area contributed by atoms with Gasteiger partial charge in [0.15, 0.2) is 0 Å². The minimum atomic E-state index is -4.17. The van der Waals surface area contributed by atoms with Crippen LogP contribution in [0.25, 0.3) is 0 Å². The van der Waals surface area contributed by atoms with Gasteiger partial charge in [-0.1, -0.05) is 12.1 Å². The lowest BCUT2D eigenvalue weighted by molar-refractivity contribution is 0.171. The summed E-state index contributed by atoms with van der Waals surface area (Å²) in [5.74, 6) is -1.12. The number of benzene rings is 2. The first-order valence-corrected chi connectivity index (χ1v) is 9.69. The highest BCUT2D eigenvalue weighted by Gasteiger charge is 2.31. The van der Waals surface area contributed by atoms with Gasteiger partial charge in [-0.2, -0.15) is 4.31 Å². The molecule has 2 aromatic carbocycles. The Balaban J connectivity index is 1.82. The third-order valence-corrected chi connectivity index (χ3v) is 6.19. The van der Waals surface area contributed by atoms with Crippen molar-refractivity contribution in [2.45, 2.75) is 17.9 Å². The number of fused-ring (bicyclic) bond motifs is 1. The molecular weight excluding hydrogens is 362 g/mol. The van der Waals surface area contributed by atoms with E-state index in [9.17, 15) is 17.2 Å². The van der Waals surface area contributed by atoms with E-state index in [2.05, 4.69) is 4.90 Å². The van der Waals surface area contributed by atoms with Gasteiger partial charge in [0.05, 0.1) is 18.8 Å². The fourth-order valence-corrected chi connectivity index (χ4v) is 4.28. The van der Waals surface area contributed by atoms with Crippen LogP contribution >= 0.6 is 0 Å². The van der Waals surface area contributed by atoms with E-state index < -0.39 is 32.7 Å². The SMILES string of the molecule is CCN1C[C@@H](CN(C)S(=O)(=O)c2cc(F)ccc2F)Oc2ccccc21. The second-order valence-corrected chi connectivity index (χ2v) is 8.12. The van der Waals surface area contributed by atoms with Crippen molar-refractivity contribution < 1.29 is 21.9 Å². The zero-order valence-corrected chi connectivity index (χ0v) is 15.3. The van der Waals surface area contributed by atoms with Crippen LogP contribution in [0.4, 0.5) is 14.5 Å². The van der Waals surface area contributed by atoms with Gasteiger partial charge in [-0.3, -0.25) is 0 Å². The van der Waals surface area contributed by atoms with Crippen molar-refractivity contribution in [1.82, 2.24) is 4.31 Å². The van der Waals surface area contributed by atoms with Crippen molar-refractivity contribution in [3.63, 3.8) is 0 Å². The van der Waals surface area contributed by atoms with Crippen LogP contribution < -0.4 is 9.64 Å². The molecular formula is C18H20F2N2O3S. The summed E-state index contributed by atoms with van der Waals surface area (Å²) < 4.78 is 59.4. The number of halogens is 2. The Morgan fingerprint density at radius 3 is 2.69 bits per heavy atom. The molecule has 0 amide bonds. The third-order valence-electron chi connectivity index (χ3n) is 4.35. The van der Waals surface area contributed by atoms with E-state index in [1.807, 2.05) is 31.2 Å². The predicted molar refractivity (Wildman–Crippen MR) is 94.9 cm³/mol. The smallest absolute Gasteiger partial charge is 0.245 e. The van der Waals surface area contributed by atoms with Crippen molar-refractivity contribution in [2.75, 3.05) is 31.6 Å². The van der Waals surface area contributed by atoms with Crippen LogP contribution in [0.5, 0.6) is 5.75 Å². The standard InChI is InChI=1S/C18H20F2N2O3S/c1-3-22-12-14(25-17-7-5-4-6-16(17)22)11-21(2)26(23,24)18-10-13(19)8-9-15(18)20/h4-10,14H,3,11-12H2,1-2H3/t14-/m1/s1. The highest BCUT2D eigenvalue weighted by molar-refractivity contribution is 7.89. The molecule has 8 heteroatoms. The zero-order chi connectivity index (χ0) is 18.9. The third kappa shape index (κ3) is 3.52. The Morgan fingerprint density at radius 1 is 1.23 bits per heavy atom. The Labute approximate surface area is 151 Å². The number of rotatable bonds is 5. The summed E-state index contributed by atoms with van der Waals surface area (Å²) in [5, 5.41) is 0. The molecule has 1 aliphatic heterocycles.